The second-order valence-electron chi connectivity index (χ2n) is 24.4. The summed E-state index contributed by atoms with van der Waals surface area (Å²) in [6.45, 7) is 4.65. The Balaban J connectivity index is 4.08. The van der Waals surface area contributed by atoms with Crippen molar-refractivity contribution in [2.45, 2.75) is 322 Å². The maximum Gasteiger partial charge on any atom is 0.306 e. The molecule has 0 aromatic carbocycles. The van der Waals surface area contributed by atoms with Gasteiger partial charge in [-0.3, -0.25) is 9.59 Å². The van der Waals surface area contributed by atoms with Gasteiger partial charge in [-0.25, -0.2) is 0 Å². The summed E-state index contributed by atoms with van der Waals surface area (Å²) in [5, 5.41) is 11.8. The van der Waals surface area contributed by atoms with Gasteiger partial charge in [0.1, 0.15) is 13.2 Å². The van der Waals surface area contributed by atoms with E-state index in [1.807, 2.05) is 21.1 Å². The summed E-state index contributed by atoms with van der Waals surface area (Å²) in [6.07, 6.45) is 83.8. The maximum absolute atomic E-state index is 12.9. The van der Waals surface area contributed by atoms with Gasteiger partial charge in [-0.05, 0) is 89.9 Å². The van der Waals surface area contributed by atoms with E-state index in [1.54, 1.807) is 0 Å². The summed E-state index contributed by atoms with van der Waals surface area (Å²) >= 11 is 0. The third-order valence-corrected chi connectivity index (χ3v) is 15.1. The number of quaternary nitrogens is 1. The van der Waals surface area contributed by atoms with Crippen LogP contribution in [0.5, 0.6) is 0 Å². The lowest BCUT2D eigenvalue weighted by Gasteiger charge is -2.26. The molecule has 480 valence electrons. The normalized spacial score (nSPS) is 13.2. The van der Waals surface area contributed by atoms with E-state index in [0.29, 0.717) is 17.4 Å². The van der Waals surface area contributed by atoms with Crippen molar-refractivity contribution in [3.63, 3.8) is 0 Å². The van der Waals surface area contributed by atoms with Crippen LogP contribution in [0.4, 0.5) is 0 Å². The highest BCUT2D eigenvalue weighted by atomic mass is 16.7. The van der Waals surface area contributed by atoms with Crippen LogP contribution in [0.1, 0.15) is 309 Å². The average molecular weight is 1160 g/mol. The predicted octanol–water partition coefficient (Wildman–Crippen LogP) is 20.1. The van der Waals surface area contributed by atoms with Crippen LogP contribution in [0.2, 0.25) is 0 Å². The number of carboxylic acid groups (broad SMARTS) is 1. The fourth-order valence-corrected chi connectivity index (χ4v) is 9.83. The molecule has 0 saturated carbocycles. The van der Waals surface area contributed by atoms with Crippen molar-refractivity contribution in [2.24, 2.45) is 0 Å². The number of esters is 2. The van der Waals surface area contributed by atoms with Gasteiger partial charge in [-0.2, -0.15) is 0 Å². The summed E-state index contributed by atoms with van der Waals surface area (Å²) in [5.74, 6) is -2.28. The number of carboxylic acids is 1. The molecule has 0 aliphatic carbocycles. The SMILES string of the molecule is CC/C=C\C/C=C\C/C=C\C/C=C\CCCCCCCCCCCCCCCCCCCCCCCCC(=O)OC(COC(=O)CCCCCCCCCC/C=C\C/C=C\C/C=C\CCCCCCC)COC(OCC[N+](C)(C)C)C(=O)[O-]. The van der Waals surface area contributed by atoms with E-state index in [9.17, 15) is 19.5 Å². The van der Waals surface area contributed by atoms with E-state index in [0.717, 1.165) is 83.5 Å². The van der Waals surface area contributed by atoms with E-state index >= 15 is 0 Å². The molecule has 0 aromatic heterocycles. The third kappa shape index (κ3) is 65.9. The molecule has 0 aromatic rings. The minimum absolute atomic E-state index is 0.145. The highest BCUT2D eigenvalue weighted by molar-refractivity contribution is 5.70. The first-order valence-electron chi connectivity index (χ1n) is 34.7. The summed E-state index contributed by atoms with van der Waals surface area (Å²) < 4.78 is 22.8. The van der Waals surface area contributed by atoms with Gasteiger partial charge in [0.15, 0.2) is 12.4 Å². The number of allylic oxidation sites excluding steroid dienone is 14. The summed E-state index contributed by atoms with van der Waals surface area (Å²) in [7, 11) is 5.93. The molecular formula is C74H131NO8. The molecule has 0 spiro atoms. The smallest absolute Gasteiger partial charge is 0.306 e. The monoisotopic (exact) mass is 1160 g/mol. The first-order chi connectivity index (χ1) is 40.6. The molecule has 0 aliphatic heterocycles. The van der Waals surface area contributed by atoms with Gasteiger partial charge in [-0.1, -0.05) is 292 Å². The molecule has 0 aliphatic rings. The van der Waals surface area contributed by atoms with Gasteiger partial charge in [0.05, 0.1) is 40.3 Å². The van der Waals surface area contributed by atoms with E-state index in [4.69, 9.17) is 18.9 Å². The van der Waals surface area contributed by atoms with Crippen molar-refractivity contribution in [1.82, 2.24) is 0 Å². The molecule has 0 amide bonds. The van der Waals surface area contributed by atoms with Crippen molar-refractivity contribution in [3.8, 4) is 0 Å². The number of aliphatic carboxylic acids is 1. The van der Waals surface area contributed by atoms with E-state index in [2.05, 4.69) is 98.9 Å². The number of carbonyl (C=O) groups excluding carboxylic acids is 3. The number of rotatable bonds is 64. The molecule has 0 bridgehead atoms. The molecule has 0 saturated heterocycles. The van der Waals surface area contributed by atoms with Crippen LogP contribution < -0.4 is 5.11 Å². The molecule has 2 unspecified atom stereocenters. The molecule has 83 heavy (non-hydrogen) atoms. The molecule has 0 N–H and O–H groups in total. The standard InChI is InChI=1S/C74H131NO8/c1-6-8-10-12-14-16-18-20-22-24-26-28-30-31-32-33-34-35-36-37-38-39-40-41-43-45-47-49-51-53-55-57-59-61-63-65-72(77)83-70(69-82-74(73(78)79)80-67-66-75(3,4)5)68-81-71(76)64-62-60-58-56-54-52-50-48-46-44-42-29-27-25-23-21-19-17-15-13-11-9-7-2/h8,10,14,16,19-22,25-28,42,44,70,74H,6-7,9,11-13,15,17-18,23-24,29-41,43,45-69H2,1-5H3/b10-8-,16-14-,21-19-,22-20-,27-25-,28-26-,44-42-. The minimum Gasteiger partial charge on any atom is -0.545 e. The van der Waals surface area contributed by atoms with Crippen molar-refractivity contribution in [3.05, 3.63) is 85.1 Å². The van der Waals surface area contributed by atoms with Gasteiger partial charge in [0.2, 0.25) is 0 Å². The maximum atomic E-state index is 12.9. The second kappa shape index (κ2) is 64.5. The zero-order chi connectivity index (χ0) is 60.5. The lowest BCUT2D eigenvalue weighted by molar-refractivity contribution is -0.870. The van der Waals surface area contributed by atoms with Crippen LogP contribution in [0, 0.1) is 0 Å². The number of ether oxygens (including phenoxy) is 4. The Bertz CT molecular complexity index is 1640. The van der Waals surface area contributed by atoms with Crippen LogP contribution >= 0.6 is 0 Å². The summed E-state index contributed by atoms with van der Waals surface area (Å²) in [6, 6.07) is 0. The number of hydrogen-bond acceptors (Lipinski definition) is 8. The van der Waals surface area contributed by atoms with Crippen molar-refractivity contribution in [2.75, 3.05) is 47.5 Å². The zero-order valence-electron chi connectivity index (χ0n) is 54.8. The summed E-state index contributed by atoms with van der Waals surface area (Å²) in [5.41, 5.74) is 0. The zero-order valence-corrected chi connectivity index (χ0v) is 54.8. The van der Waals surface area contributed by atoms with Gasteiger partial charge < -0.3 is 33.3 Å². The largest absolute Gasteiger partial charge is 0.545 e. The fraction of sp³-hybridized carbons (Fsp3) is 0.770. The van der Waals surface area contributed by atoms with Crippen LogP contribution in [0.25, 0.3) is 0 Å². The highest BCUT2D eigenvalue weighted by Crippen LogP contribution is 2.18. The van der Waals surface area contributed by atoms with Crippen LogP contribution in [-0.4, -0.2) is 82.3 Å². The highest BCUT2D eigenvalue weighted by Gasteiger charge is 2.22. The average Bonchev–Trinajstić information content (AvgIpc) is 3.46. The number of nitrogens with zero attached hydrogens (tertiary/aromatic N) is 1. The predicted molar refractivity (Wildman–Crippen MR) is 352 cm³/mol. The lowest BCUT2D eigenvalue weighted by atomic mass is 10.0. The Morgan fingerprint density at radius 1 is 0.373 bits per heavy atom. The van der Waals surface area contributed by atoms with Crippen LogP contribution in [0.3, 0.4) is 0 Å². The van der Waals surface area contributed by atoms with Crippen molar-refractivity contribution >= 4 is 17.9 Å². The molecule has 9 heteroatoms. The minimum atomic E-state index is -1.63. The van der Waals surface area contributed by atoms with Gasteiger partial charge >= 0.3 is 11.9 Å². The van der Waals surface area contributed by atoms with Gasteiger partial charge in [-0.15, -0.1) is 0 Å². The molecule has 0 heterocycles. The van der Waals surface area contributed by atoms with E-state index < -0.39 is 24.3 Å². The topological polar surface area (TPSA) is 111 Å². The molecule has 0 radical (unpaired) electrons. The number of hydrogen-bond donors (Lipinski definition) is 0. The Morgan fingerprint density at radius 3 is 1.02 bits per heavy atom. The quantitative estimate of drug-likeness (QED) is 0.0195. The van der Waals surface area contributed by atoms with Crippen LogP contribution in [-0.2, 0) is 33.3 Å². The molecule has 0 fully saturated rings. The van der Waals surface area contributed by atoms with E-state index in [-0.39, 0.29) is 38.6 Å². The van der Waals surface area contributed by atoms with Gasteiger partial charge in [0.25, 0.3) is 0 Å². The number of unbranched alkanes of at least 4 members (excludes halogenated alkanes) is 35. The first kappa shape index (κ1) is 79.5. The van der Waals surface area contributed by atoms with Gasteiger partial charge in [0, 0.05) is 12.8 Å². The molecule has 2 atom stereocenters. The lowest BCUT2D eigenvalue weighted by Crippen LogP contribution is -2.44. The Kier molecular flexibility index (Phi) is 61.7. The third-order valence-electron chi connectivity index (χ3n) is 15.1. The second-order valence-corrected chi connectivity index (χ2v) is 24.4. The van der Waals surface area contributed by atoms with Crippen molar-refractivity contribution < 1.29 is 42.9 Å². The van der Waals surface area contributed by atoms with E-state index in [1.165, 1.54) is 193 Å². The summed E-state index contributed by atoms with van der Waals surface area (Å²) in [4.78, 5) is 37.5. The van der Waals surface area contributed by atoms with Crippen LogP contribution in [0.15, 0.2) is 85.1 Å². The Labute approximate surface area is 512 Å². The number of carbonyl (C=O) groups is 3. The first-order valence-corrected chi connectivity index (χ1v) is 34.7. The molecular weight excluding hydrogens is 1030 g/mol. The Hall–Kier alpha value is -3.53. The molecule has 9 nitrogen and oxygen atoms in total. The number of likely N-dealkylation sites (N-methyl/N-ethyl adjacent to an activating group) is 1. The van der Waals surface area contributed by atoms with Crippen molar-refractivity contribution in [1.29, 1.82) is 0 Å². The molecule has 0 rings (SSSR count). The fourth-order valence-electron chi connectivity index (χ4n) is 9.83. The Morgan fingerprint density at radius 2 is 0.687 bits per heavy atom.